The molecule has 0 bridgehead atoms. The summed E-state index contributed by atoms with van der Waals surface area (Å²) in [6, 6.07) is 24.6. The lowest BCUT2D eigenvalue weighted by molar-refractivity contribution is -0.186. The third-order valence-electron chi connectivity index (χ3n) is 8.13. The highest BCUT2D eigenvalue weighted by Crippen LogP contribution is 2.31. The molecule has 0 spiro atoms. The van der Waals surface area contributed by atoms with Gasteiger partial charge in [-0.2, -0.15) is 0 Å². The molecule has 0 saturated carbocycles. The number of hydrogen-bond donors (Lipinski definition) is 2. The summed E-state index contributed by atoms with van der Waals surface area (Å²) in [5.74, 6) is -0.378. The topological polar surface area (TPSA) is 109 Å². The van der Waals surface area contributed by atoms with Crippen LogP contribution < -0.4 is 5.32 Å². The van der Waals surface area contributed by atoms with Crippen LogP contribution in [-0.4, -0.2) is 73.1 Å². The molecule has 0 aliphatic carbocycles. The molecule has 0 unspecified atom stereocenters. The van der Waals surface area contributed by atoms with E-state index < -0.39 is 18.2 Å². The maximum Gasteiger partial charge on any atom is 0.338 e. The van der Waals surface area contributed by atoms with Crippen molar-refractivity contribution in [3.63, 3.8) is 0 Å². The molecular weight excluding hydrogens is 556 g/mol. The number of phenols is 1. The van der Waals surface area contributed by atoms with Crippen molar-refractivity contribution in [2.75, 3.05) is 13.1 Å². The smallest absolute Gasteiger partial charge is 0.338 e. The Morgan fingerprint density at radius 3 is 2.48 bits per heavy atom. The van der Waals surface area contributed by atoms with Crippen LogP contribution in [0.1, 0.15) is 23.6 Å². The predicted octanol–water partition coefficient (Wildman–Crippen LogP) is 4.02. The standard InChI is InChI=1S/C34H34N6O4/c1-23(2)38-22-31(42)39-29(18-24-13-15-28(41)16-14-24)33(43)37(20-27-11-6-10-26-12-7-17-35-32(26)27)21-30(39)40(38)34(44)36-19-25-8-4-3-5-9-25/h3-17,29-30,41H,1,18-22H2,2H3,(H,36,44)/t29-,30-/m0/s1. The molecule has 6 rings (SSSR count). The van der Waals surface area contributed by atoms with Gasteiger partial charge in [0.15, 0.2) is 0 Å². The van der Waals surface area contributed by atoms with Gasteiger partial charge in [-0.3, -0.25) is 19.6 Å². The van der Waals surface area contributed by atoms with E-state index in [1.807, 2.05) is 60.7 Å². The Hall–Kier alpha value is -5.38. The monoisotopic (exact) mass is 590 g/mol. The van der Waals surface area contributed by atoms with Crippen LogP contribution in [0.3, 0.4) is 0 Å². The molecule has 4 amide bonds. The van der Waals surface area contributed by atoms with Gasteiger partial charge in [0.2, 0.25) is 11.8 Å². The number of pyridine rings is 1. The first-order chi connectivity index (χ1) is 21.3. The van der Waals surface area contributed by atoms with E-state index in [9.17, 15) is 19.5 Å². The molecule has 0 radical (unpaired) electrons. The number of urea groups is 1. The lowest BCUT2D eigenvalue weighted by Gasteiger charge is -2.55. The van der Waals surface area contributed by atoms with Gasteiger partial charge in [0, 0.05) is 36.8 Å². The lowest BCUT2D eigenvalue weighted by atomic mass is 9.98. The fraction of sp³-hybridized carbons (Fsp3) is 0.235. The zero-order valence-corrected chi connectivity index (χ0v) is 24.5. The number of fused-ring (bicyclic) bond motifs is 2. The largest absolute Gasteiger partial charge is 0.508 e. The number of hydrogen-bond acceptors (Lipinski definition) is 6. The van der Waals surface area contributed by atoms with Gasteiger partial charge in [-0.15, -0.1) is 0 Å². The Morgan fingerprint density at radius 2 is 1.73 bits per heavy atom. The van der Waals surface area contributed by atoms with Gasteiger partial charge in [0.05, 0.1) is 12.1 Å². The van der Waals surface area contributed by atoms with E-state index in [0.717, 1.165) is 27.6 Å². The van der Waals surface area contributed by atoms with Crippen molar-refractivity contribution < 1.29 is 19.5 Å². The maximum atomic E-state index is 14.3. The predicted molar refractivity (Wildman–Crippen MR) is 165 cm³/mol. The zero-order valence-electron chi connectivity index (χ0n) is 24.5. The highest BCUT2D eigenvalue weighted by Gasteiger charge is 2.51. The normalized spacial score (nSPS) is 18.4. The zero-order chi connectivity index (χ0) is 30.8. The van der Waals surface area contributed by atoms with Crippen molar-refractivity contribution in [3.8, 4) is 5.75 Å². The molecular formula is C34H34N6O4. The van der Waals surface area contributed by atoms with Crippen LogP contribution in [0.15, 0.2) is 103 Å². The molecule has 44 heavy (non-hydrogen) atoms. The molecule has 2 atom stereocenters. The molecule has 1 aromatic heterocycles. The molecule has 3 heterocycles. The van der Waals surface area contributed by atoms with Crippen LogP contribution in [-0.2, 0) is 29.1 Å². The highest BCUT2D eigenvalue weighted by molar-refractivity contribution is 5.92. The Kier molecular flexibility index (Phi) is 7.89. The van der Waals surface area contributed by atoms with E-state index >= 15 is 0 Å². The lowest BCUT2D eigenvalue weighted by Crippen LogP contribution is -2.76. The summed E-state index contributed by atoms with van der Waals surface area (Å²) in [4.78, 5) is 49.8. The molecule has 2 fully saturated rings. The molecule has 224 valence electrons. The minimum atomic E-state index is -0.870. The highest BCUT2D eigenvalue weighted by atomic mass is 16.3. The second-order valence-electron chi connectivity index (χ2n) is 11.2. The Labute approximate surface area is 255 Å². The van der Waals surface area contributed by atoms with E-state index in [1.165, 1.54) is 5.01 Å². The van der Waals surface area contributed by atoms with Crippen molar-refractivity contribution in [1.82, 2.24) is 30.1 Å². The van der Waals surface area contributed by atoms with E-state index in [-0.39, 0.29) is 43.6 Å². The Bertz CT molecular complexity index is 1700. The van der Waals surface area contributed by atoms with Crippen molar-refractivity contribution >= 4 is 28.7 Å². The van der Waals surface area contributed by atoms with Gasteiger partial charge in [0.1, 0.15) is 24.5 Å². The molecule has 10 nitrogen and oxygen atoms in total. The first-order valence-corrected chi connectivity index (χ1v) is 14.5. The number of phenolic OH excluding ortho intramolecular Hbond substituents is 1. The van der Waals surface area contributed by atoms with E-state index in [2.05, 4.69) is 16.9 Å². The third-order valence-corrected chi connectivity index (χ3v) is 8.13. The van der Waals surface area contributed by atoms with Gasteiger partial charge in [-0.25, -0.2) is 9.80 Å². The van der Waals surface area contributed by atoms with Crippen molar-refractivity contribution in [1.29, 1.82) is 0 Å². The van der Waals surface area contributed by atoms with Crippen molar-refractivity contribution in [3.05, 3.63) is 120 Å². The number of nitrogens with one attached hydrogen (secondary N) is 1. The number of para-hydroxylation sites is 1. The van der Waals surface area contributed by atoms with Crippen LogP contribution >= 0.6 is 0 Å². The summed E-state index contributed by atoms with van der Waals surface area (Å²) in [7, 11) is 0. The number of amides is 4. The number of aromatic nitrogens is 1. The maximum absolute atomic E-state index is 14.3. The van der Waals surface area contributed by atoms with Crippen LogP contribution in [0, 0.1) is 0 Å². The first-order valence-electron chi connectivity index (χ1n) is 14.5. The van der Waals surface area contributed by atoms with Crippen LogP contribution in [0.5, 0.6) is 5.75 Å². The van der Waals surface area contributed by atoms with Crippen molar-refractivity contribution in [2.45, 2.75) is 38.6 Å². The average Bonchev–Trinajstić information content (AvgIpc) is 3.03. The van der Waals surface area contributed by atoms with E-state index in [4.69, 9.17) is 0 Å². The summed E-state index contributed by atoms with van der Waals surface area (Å²) < 4.78 is 0. The number of hydrazine groups is 1. The summed E-state index contributed by atoms with van der Waals surface area (Å²) in [6.07, 6.45) is 1.16. The third kappa shape index (κ3) is 5.66. The number of benzene rings is 3. The molecule has 3 aromatic carbocycles. The van der Waals surface area contributed by atoms with Crippen molar-refractivity contribution in [2.24, 2.45) is 0 Å². The summed E-state index contributed by atoms with van der Waals surface area (Å²) in [5.41, 5.74) is 3.91. The Morgan fingerprint density at radius 1 is 0.977 bits per heavy atom. The minimum Gasteiger partial charge on any atom is -0.508 e. The SMILES string of the molecule is C=C(C)N1CC(=O)N2[C@@H](Cc3ccc(O)cc3)C(=O)N(Cc3cccc4cccnc34)C[C@@H]2N1C(=O)NCc1ccccc1. The van der Waals surface area contributed by atoms with E-state index in [1.54, 1.807) is 52.2 Å². The van der Waals surface area contributed by atoms with Crippen LogP contribution in [0.4, 0.5) is 4.79 Å². The van der Waals surface area contributed by atoms with Gasteiger partial charge in [-0.1, -0.05) is 73.3 Å². The second kappa shape index (κ2) is 12.1. The fourth-order valence-electron chi connectivity index (χ4n) is 6.00. The van der Waals surface area contributed by atoms with Gasteiger partial charge in [0.25, 0.3) is 0 Å². The molecule has 2 aliphatic rings. The molecule has 10 heteroatoms. The number of carbonyl (C=O) groups is 3. The number of piperazine rings is 1. The summed E-state index contributed by atoms with van der Waals surface area (Å²) in [6.45, 7) is 6.33. The molecule has 2 N–H and O–H groups in total. The van der Waals surface area contributed by atoms with Crippen LogP contribution in [0.25, 0.3) is 10.9 Å². The number of aromatic hydroxyl groups is 1. The molecule has 4 aromatic rings. The number of allylic oxidation sites excluding steroid dienone is 1. The first kappa shape index (κ1) is 28.7. The van der Waals surface area contributed by atoms with Gasteiger partial charge >= 0.3 is 6.03 Å². The second-order valence-corrected chi connectivity index (χ2v) is 11.2. The summed E-state index contributed by atoms with van der Waals surface area (Å²) in [5, 5.41) is 16.9. The van der Waals surface area contributed by atoms with Gasteiger partial charge in [-0.05, 0) is 41.8 Å². The summed E-state index contributed by atoms with van der Waals surface area (Å²) >= 11 is 0. The minimum absolute atomic E-state index is 0.0996. The van der Waals surface area contributed by atoms with Gasteiger partial charge < -0.3 is 20.2 Å². The van der Waals surface area contributed by atoms with Crippen LogP contribution in [0.2, 0.25) is 0 Å². The fourth-order valence-corrected chi connectivity index (χ4v) is 6.00. The number of rotatable bonds is 7. The molecule has 2 aliphatic heterocycles. The number of nitrogens with zero attached hydrogens (tertiary/aromatic N) is 5. The quantitative estimate of drug-likeness (QED) is 0.337. The number of carbonyl (C=O) groups excluding carboxylic acids is 3. The average molecular weight is 591 g/mol. The molecule has 2 saturated heterocycles. The Balaban J connectivity index is 1.38. The van der Waals surface area contributed by atoms with E-state index in [0.29, 0.717) is 12.2 Å².